The summed E-state index contributed by atoms with van der Waals surface area (Å²) in [6.07, 6.45) is 2.79. The number of hydrogen-bond donors (Lipinski definition) is 0. The smallest absolute Gasteiger partial charge is 0.137 e. The molecule has 17 heavy (non-hydrogen) atoms. The first-order valence-electron chi connectivity index (χ1n) is 5.94. The molecule has 1 aromatic rings. The summed E-state index contributed by atoms with van der Waals surface area (Å²) in [6.45, 7) is 5.36. The molecule has 1 aliphatic rings. The van der Waals surface area contributed by atoms with Crippen LogP contribution in [0, 0.1) is 12.8 Å². The summed E-state index contributed by atoms with van der Waals surface area (Å²) >= 11 is 6.01. The number of anilines is 1. The maximum absolute atomic E-state index is 6.01. The molecule has 0 saturated carbocycles. The van der Waals surface area contributed by atoms with Crippen molar-refractivity contribution < 1.29 is 0 Å². The van der Waals surface area contributed by atoms with Crippen molar-refractivity contribution >= 4 is 17.4 Å². The summed E-state index contributed by atoms with van der Waals surface area (Å²) in [7, 11) is 4.25. The number of nitrogens with zero attached hydrogens (tertiary/aromatic N) is 4. The average molecular weight is 255 g/mol. The van der Waals surface area contributed by atoms with E-state index < -0.39 is 0 Å². The Morgan fingerprint density at radius 2 is 2.29 bits per heavy atom. The van der Waals surface area contributed by atoms with E-state index in [-0.39, 0.29) is 0 Å². The van der Waals surface area contributed by atoms with E-state index in [2.05, 4.69) is 33.9 Å². The van der Waals surface area contributed by atoms with E-state index in [4.69, 9.17) is 11.6 Å². The minimum absolute atomic E-state index is 0.547. The van der Waals surface area contributed by atoms with Crippen molar-refractivity contribution in [3.8, 4) is 0 Å². The van der Waals surface area contributed by atoms with Gasteiger partial charge in [0.15, 0.2) is 0 Å². The second-order valence-corrected chi connectivity index (χ2v) is 5.27. The first-order valence-corrected chi connectivity index (χ1v) is 6.32. The number of aromatic nitrogens is 2. The molecule has 94 valence electrons. The normalized spacial score (nSPS) is 20.8. The van der Waals surface area contributed by atoms with Gasteiger partial charge in [-0.2, -0.15) is 0 Å². The lowest BCUT2D eigenvalue weighted by atomic mass is 10.1. The molecule has 2 rings (SSSR count). The van der Waals surface area contributed by atoms with Gasteiger partial charge in [-0.3, -0.25) is 0 Å². The van der Waals surface area contributed by atoms with E-state index in [1.165, 1.54) is 25.8 Å². The van der Waals surface area contributed by atoms with Gasteiger partial charge in [0.25, 0.3) is 0 Å². The summed E-state index contributed by atoms with van der Waals surface area (Å²) in [5.41, 5.74) is 0.961. The number of halogens is 1. The number of rotatable bonds is 3. The monoisotopic (exact) mass is 254 g/mol. The Hall–Kier alpha value is -0.870. The molecule has 1 aliphatic heterocycles. The minimum atomic E-state index is 0.547. The topological polar surface area (TPSA) is 32.3 Å². The molecule has 1 unspecified atom stereocenters. The van der Waals surface area contributed by atoms with E-state index >= 15 is 0 Å². The molecular formula is C12H19ClN4. The van der Waals surface area contributed by atoms with Crippen molar-refractivity contribution in [2.75, 3.05) is 38.6 Å². The average Bonchev–Trinajstić information content (AvgIpc) is 2.68. The van der Waals surface area contributed by atoms with Gasteiger partial charge in [-0.1, -0.05) is 11.6 Å². The molecule has 0 N–H and O–H groups in total. The van der Waals surface area contributed by atoms with Gasteiger partial charge < -0.3 is 9.80 Å². The molecule has 0 bridgehead atoms. The van der Waals surface area contributed by atoms with Crippen LogP contribution in [0.3, 0.4) is 0 Å². The first kappa shape index (κ1) is 12.6. The van der Waals surface area contributed by atoms with Crippen LogP contribution in [0.1, 0.15) is 12.0 Å². The quantitative estimate of drug-likeness (QED) is 0.771. The molecule has 1 fully saturated rings. The van der Waals surface area contributed by atoms with Gasteiger partial charge in [-0.05, 0) is 32.9 Å². The highest BCUT2D eigenvalue weighted by atomic mass is 35.5. The van der Waals surface area contributed by atoms with E-state index in [1.807, 2.05) is 6.92 Å². The molecule has 1 atom stereocenters. The van der Waals surface area contributed by atoms with Crippen LogP contribution in [0.2, 0.25) is 5.15 Å². The second-order valence-electron chi connectivity index (χ2n) is 4.91. The van der Waals surface area contributed by atoms with Crippen LogP contribution >= 0.6 is 11.6 Å². The van der Waals surface area contributed by atoms with Crippen LogP contribution in [0.25, 0.3) is 0 Å². The molecule has 0 radical (unpaired) electrons. The van der Waals surface area contributed by atoms with Crippen molar-refractivity contribution in [1.82, 2.24) is 14.9 Å². The van der Waals surface area contributed by atoms with Gasteiger partial charge in [-0.25, -0.2) is 9.97 Å². The van der Waals surface area contributed by atoms with Crippen LogP contribution < -0.4 is 4.90 Å². The fraction of sp³-hybridized carbons (Fsp3) is 0.667. The standard InChI is InChI=1S/C12H19ClN4/c1-9-11(13)14-8-15-12(9)17(3)7-10-4-5-16(2)6-10/h8,10H,4-7H2,1-3H3. The molecule has 4 nitrogen and oxygen atoms in total. The minimum Gasteiger partial charge on any atom is -0.359 e. The molecule has 1 aromatic heterocycles. The third kappa shape index (κ3) is 2.87. The third-order valence-corrected chi connectivity index (χ3v) is 3.76. The van der Waals surface area contributed by atoms with E-state index in [0.717, 1.165) is 23.8 Å². The van der Waals surface area contributed by atoms with Crippen LogP contribution in [-0.2, 0) is 0 Å². The van der Waals surface area contributed by atoms with Gasteiger partial charge in [0, 0.05) is 25.7 Å². The van der Waals surface area contributed by atoms with Crippen LogP contribution in [0.4, 0.5) is 5.82 Å². The summed E-state index contributed by atoms with van der Waals surface area (Å²) < 4.78 is 0. The zero-order valence-electron chi connectivity index (χ0n) is 10.6. The van der Waals surface area contributed by atoms with Crippen molar-refractivity contribution in [3.05, 3.63) is 17.0 Å². The lowest BCUT2D eigenvalue weighted by Crippen LogP contribution is -2.28. The summed E-state index contributed by atoms with van der Waals surface area (Å²) in [5, 5.41) is 0.547. The molecule has 5 heteroatoms. The van der Waals surface area contributed by atoms with Gasteiger partial charge >= 0.3 is 0 Å². The molecule has 0 aromatic carbocycles. The predicted octanol–water partition coefficient (Wildman–Crippen LogP) is 1.83. The molecule has 0 spiro atoms. The van der Waals surface area contributed by atoms with E-state index in [9.17, 15) is 0 Å². The van der Waals surface area contributed by atoms with Crippen molar-refractivity contribution in [1.29, 1.82) is 0 Å². The maximum Gasteiger partial charge on any atom is 0.137 e. The van der Waals surface area contributed by atoms with E-state index in [0.29, 0.717) is 5.15 Å². The van der Waals surface area contributed by atoms with Crippen LogP contribution in [0.15, 0.2) is 6.33 Å². The lowest BCUT2D eigenvalue weighted by Gasteiger charge is -2.23. The van der Waals surface area contributed by atoms with Crippen LogP contribution in [0.5, 0.6) is 0 Å². The largest absolute Gasteiger partial charge is 0.359 e. The summed E-state index contributed by atoms with van der Waals surface area (Å²) in [4.78, 5) is 12.9. The Morgan fingerprint density at radius 1 is 1.53 bits per heavy atom. The fourth-order valence-electron chi connectivity index (χ4n) is 2.45. The Bertz CT molecular complexity index is 396. The lowest BCUT2D eigenvalue weighted by molar-refractivity contribution is 0.395. The highest BCUT2D eigenvalue weighted by Gasteiger charge is 2.22. The highest BCUT2D eigenvalue weighted by molar-refractivity contribution is 6.30. The summed E-state index contributed by atoms with van der Waals surface area (Å²) in [6, 6.07) is 0. The SMILES string of the molecule is Cc1c(Cl)ncnc1N(C)CC1CCN(C)C1. The molecule has 2 heterocycles. The molecular weight excluding hydrogens is 236 g/mol. The zero-order valence-corrected chi connectivity index (χ0v) is 11.4. The Kier molecular flexibility index (Phi) is 3.84. The zero-order chi connectivity index (χ0) is 12.4. The Balaban J connectivity index is 2.04. The summed E-state index contributed by atoms with van der Waals surface area (Å²) in [5.74, 6) is 1.66. The maximum atomic E-state index is 6.01. The second kappa shape index (κ2) is 5.19. The van der Waals surface area contributed by atoms with Crippen molar-refractivity contribution in [3.63, 3.8) is 0 Å². The Labute approximate surface area is 108 Å². The molecule has 0 amide bonds. The Morgan fingerprint density at radius 3 is 2.94 bits per heavy atom. The first-order chi connectivity index (χ1) is 8.08. The van der Waals surface area contributed by atoms with Crippen molar-refractivity contribution in [2.45, 2.75) is 13.3 Å². The van der Waals surface area contributed by atoms with E-state index in [1.54, 1.807) is 0 Å². The molecule has 1 saturated heterocycles. The number of likely N-dealkylation sites (tertiary alicyclic amines) is 1. The van der Waals surface area contributed by atoms with Gasteiger partial charge in [0.2, 0.25) is 0 Å². The highest BCUT2D eigenvalue weighted by Crippen LogP contribution is 2.23. The predicted molar refractivity (Wildman–Crippen MR) is 70.7 cm³/mol. The van der Waals surface area contributed by atoms with Crippen LogP contribution in [-0.4, -0.2) is 48.6 Å². The molecule has 0 aliphatic carbocycles. The van der Waals surface area contributed by atoms with Gasteiger partial charge in [0.05, 0.1) is 0 Å². The fourth-order valence-corrected chi connectivity index (χ4v) is 2.58. The van der Waals surface area contributed by atoms with Crippen molar-refractivity contribution in [2.24, 2.45) is 5.92 Å². The number of hydrogen-bond acceptors (Lipinski definition) is 4. The van der Waals surface area contributed by atoms with Gasteiger partial charge in [0.1, 0.15) is 17.3 Å². The third-order valence-electron chi connectivity index (χ3n) is 3.38. The van der Waals surface area contributed by atoms with Gasteiger partial charge in [-0.15, -0.1) is 0 Å².